The van der Waals surface area contributed by atoms with Gasteiger partial charge in [0.15, 0.2) is 0 Å². The van der Waals surface area contributed by atoms with E-state index in [9.17, 15) is 9.50 Å². The zero-order valence-corrected chi connectivity index (χ0v) is 11.9. The van der Waals surface area contributed by atoms with E-state index in [1.807, 2.05) is 6.07 Å². The van der Waals surface area contributed by atoms with E-state index < -0.39 is 0 Å². The topological polar surface area (TPSA) is 54.6 Å². The summed E-state index contributed by atoms with van der Waals surface area (Å²) in [5.74, 6) is 0.517. The summed E-state index contributed by atoms with van der Waals surface area (Å²) in [5, 5.41) is 13.6. The lowest BCUT2D eigenvalue weighted by atomic mass is 9.87. The molecular weight excluding hydrogens is 273 g/mol. The predicted molar refractivity (Wildman–Crippen MR) is 77.5 cm³/mol. The first kappa shape index (κ1) is 14.5. The number of aliphatic hydroxyl groups is 1. The van der Waals surface area contributed by atoms with Crippen molar-refractivity contribution in [1.82, 2.24) is 5.32 Å². The Labute approximate surface area is 122 Å². The Morgan fingerprint density at radius 2 is 2.05 bits per heavy atom. The summed E-state index contributed by atoms with van der Waals surface area (Å²) in [6, 6.07) is 6.37. The summed E-state index contributed by atoms with van der Waals surface area (Å²) in [6.07, 6.45) is 2.45. The van der Waals surface area contributed by atoms with Crippen molar-refractivity contribution in [2.45, 2.75) is 31.3 Å². The van der Waals surface area contributed by atoms with Gasteiger partial charge in [0.05, 0.1) is 6.54 Å². The fourth-order valence-electron chi connectivity index (χ4n) is 2.92. The van der Waals surface area contributed by atoms with Crippen molar-refractivity contribution >= 4 is 11.0 Å². The van der Waals surface area contributed by atoms with Crippen LogP contribution in [0.25, 0.3) is 11.0 Å². The third-order valence-corrected chi connectivity index (χ3v) is 4.21. The lowest BCUT2D eigenvalue weighted by Gasteiger charge is -2.37. The molecule has 2 N–H and O–H groups in total. The maximum Gasteiger partial charge on any atom is 0.134 e. The molecule has 0 amide bonds. The number of rotatable bonds is 5. The molecule has 1 fully saturated rings. The Kier molecular flexibility index (Phi) is 4.24. The summed E-state index contributed by atoms with van der Waals surface area (Å²) >= 11 is 0. The highest BCUT2D eigenvalue weighted by molar-refractivity contribution is 5.77. The number of benzene rings is 1. The Balaban J connectivity index is 1.71. The molecule has 2 aromatic rings. The van der Waals surface area contributed by atoms with Crippen LogP contribution < -0.4 is 5.32 Å². The Morgan fingerprint density at radius 3 is 2.81 bits per heavy atom. The summed E-state index contributed by atoms with van der Waals surface area (Å²) < 4.78 is 24.3. The number of fused-ring (bicyclic) bond motifs is 1. The average Bonchev–Trinajstić information content (AvgIpc) is 2.89. The highest BCUT2D eigenvalue weighted by atomic mass is 19.1. The van der Waals surface area contributed by atoms with Crippen molar-refractivity contribution in [3.63, 3.8) is 0 Å². The number of furan rings is 1. The quantitative estimate of drug-likeness (QED) is 0.889. The second kappa shape index (κ2) is 6.13. The smallest absolute Gasteiger partial charge is 0.134 e. The fourth-order valence-corrected chi connectivity index (χ4v) is 2.92. The van der Waals surface area contributed by atoms with Gasteiger partial charge in [-0.1, -0.05) is 0 Å². The molecule has 0 bridgehead atoms. The fraction of sp³-hybridized carbons (Fsp3) is 0.500. The second-order valence-electron chi connectivity index (χ2n) is 5.61. The zero-order valence-electron chi connectivity index (χ0n) is 11.9. The first-order chi connectivity index (χ1) is 10.2. The van der Waals surface area contributed by atoms with Crippen molar-refractivity contribution in [3.05, 3.63) is 35.8 Å². The molecule has 1 aromatic carbocycles. The van der Waals surface area contributed by atoms with Gasteiger partial charge in [0.2, 0.25) is 0 Å². The van der Waals surface area contributed by atoms with Crippen LogP contribution in [0.4, 0.5) is 4.39 Å². The van der Waals surface area contributed by atoms with Gasteiger partial charge in [0.25, 0.3) is 0 Å². The van der Waals surface area contributed by atoms with Crippen LogP contribution in [0.2, 0.25) is 0 Å². The standard InChI is InChI=1S/C16H20FNO3/c17-13-1-2-15-12(9-13)10-14(21-15)11-18-16(3-6-19)4-7-20-8-5-16/h1-2,9-10,18-19H,3-8,11H2. The van der Waals surface area contributed by atoms with E-state index in [1.165, 1.54) is 12.1 Å². The molecule has 5 heteroatoms. The summed E-state index contributed by atoms with van der Waals surface area (Å²) in [7, 11) is 0. The van der Waals surface area contributed by atoms with Crippen LogP contribution in [0, 0.1) is 5.82 Å². The summed E-state index contributed by atoms with van der Waals surface area (Å²) in [4.78, 5) is 0. The molecule has 0 spiro atoms. The molecule has 2 heterocycles. The molecule has 3 rings (SSSR count). The van der Waals surface area contributed by atoms with Crippen LogP contribution in [0.1, 0.15) is 25.0 Å². The van der Waals surface area contributed by atoms with Gasteiger partial charge in [0, 0.05) is 30.7 Å². The molecular formula is C16H20FNO3. The third-order valence-electron chi connectivity index (χ3n) is 4.21. The number of hydrogen-bond acceptors (Lipinski definition) is 4. The molecule has 1 aliphatic heterocycles. The number of hydrogen-bond donors (Lipinski definition) is 2. The molecule has 1 aromatic heterocycles. The van der Waals surface area contributed by atoms with Gasteiger partial charge < -0.3 is 19.6 Å². The van der Waals surface area contributed by atoms with Crippen LogP contribution in [-0.4, -0.2) is 30.5 Å². The molecule has 114 valence electrons. The predicted octanol–water partition coefficient (Wildman–Crippen LogP) is 2.59. The van der Waals surface area contributed by atoms with Crippen LogP contribution >= 0.6 is 0 Å². The van der Waals surface area contributed by atoms with E-state index in [1.54, 1.807) is 6.07 Å². The highest BCUT2D eigenvalue weighted by Crippen LogP contribution is 2.26. The van der Waals surface area contributed by atoms with Gasteiger partial charge in [-0.15, -0.1) is 0 Å². The van der Waals surface area contributed by atoms with Crippen molar-refractivity contribution in [2.75, 3.05) is 19.8 Å². The van der Waals surface area contributed by atoms with Gasteiger partial charge >= 0.3 is 0 Å². The van der Waals surface area contributed by atoms with Crippen LogP contribution in [-0.2, 0) is 11.3 Å². The van der Waals surface area contributed by atoms with Gasteiger partial charge in [0.1, 0.15) is 17.2 Å². The summed E-state index contributed by atoms with van der Waals surface area (Å²) in [5.41, 5.74) is 0.591. The van der Waals surface area contributed by atoms with Gasteiger partial charge in [-0.3, -0.25) is 0 Å². The van der Waals surface area contributed by atoms with E-state index in [0.717, 1.165) is 24.0 Å². The summed E-state index contributed by atoms with van der Waals surface area (Å²) in [6.45, 7) is 2.13. The Hall–Kier alpha value is -1.43. The third kappa shape index (κ3) is 3.26. The van der Waals surface area contributed by atoms with E-state index in [4.69, 9.17) is 9.15 Å². The minimum Gasteiger partial charge on any atom is -0.460 e. The first-order valence-corrected chi connectivity index (χ1v) is 7.32. The maximum atomic E-state index is 13.2. The van der Waals surface area contributed by atoms with Crippen molar-refractivity contribution < 1.29 is 18.7 Å². The van der Waals surface area contributed by atoms with Crippen molar-refractivity contribution in [2.24, 2.45) is 0 Å². The average molecular weight is 293 g/mol. The molecule has 0 saturated carbocycles. The second-order valence-corrected chi connectivity index (χ2v) is 5.61. The molecule has 4 nitrogen and oxygen atoms in total. The van der Waals surface area contributed by atoms with E-state index in [0.29, 0.717) is 31.8 Å². The highest BCUT2D eigenvalue weighted by Gasteiger charge is 2.31. The van der Waals surface area contributed by atoms with Gasteiger partial charge in [-0.25, -0.2) is 4.39 Å². The van der Waals surface area contributed by atoms with Crippen molar-refractivity contribution in [3.8, 4) is 0 Å². The number of aliphatic hydroxyl groups excluding tert-OH is 1. The molecule has 0 aliphatic carbocycles. The van der Waals surface area contributed by atoms with Crippen LogP contribution in [0.15, 0.2) is 28.7 Å². The molecule has 0 unspecified atom stereocenters. The molecule has 1 saturated heterocycles. The van der Waals surface area contributed by atoms with E-state index >= 15 is 0 Å². The molecule has 0 atom stereocenters. The maximum absolute atomic E-state index is 13.2. The molecule has 1 aliphatic rings. The normalized spacial score (nSPS) is 18.2. The monoisotopic (exact) mass is 293 g/mol. The largest absolute Gasteiger partial charge is 0.460 e. The van der Waals surface area contributed by atoms with Gasteiger partial charge in [-0.2, -0.15) is 0 Å². The van der Waals surface area contributed by atoms with Crippen LogP contribution in [0.3, 0.4) is 0 Å². The lowest BCUT2D eigenvalue weighted by molar-refractivity contribution is 0.0260. The van der Waals surface area contributed by atoms with Gasteiger partial charge in [-0.05, 0) is 43.5 Å². The van der Waals surface area contributed by atoms with Crippen LogP contribution in [0.5, 0.6) is 0 Å². The first-order valence-electron chi connectivity index (χ1n) is 7.32. The lowest BCUT2D eigenvalue weighted by Crippen LogP contribution is -2.49. The minimum absolute atomic E-state index is 0.1000. The van der Waals surface area contributed by atoms with Crippen molar-refractivity contribution in [1.29, 1.82) is 0 Å². The SMILES string of the molecule is OCCC1(NCc2cc3cc(F)ccc3o2)CCOCC1. The molecule has 21 heavy (non-hydrogen) atoms. The zero-order chi connectivity index (χ0) is 14.7. The molecule has 0 radical (unpaired) electrons. The number of nitrogens with one attached hydrogen (secondary N) is 1. The Morgan fingerprint density at radius 1 is 1.24 bits per heavy atom. The van der Waals surface area contributed by atoms with E-state index in [-0.39, 0.29) is 18.0 Å². The minimum atomic E-state index is -0.260. The van der Waals surface area contributed by atoms with E-state index in [2.05, 4.69) is 5.32 Å². The number of ether oxygens (including phenoxy) is 1. The Bertz CT molecular complexity index is 599. The number of halogens is 1.